The van der Waals surface area contributed by atoms with Gasteiger partial charge in [-0.3, -0.25) is 0 Å². The van der Waals surface area contributed by atoms with Crippen LogP contribution >= 0.6 is 0 Å². The second-order valence-electron chi connectivity index (χ2n) is 45.0. The third-order valence-electron chi connectivity index (χ3n) is 41.2. The van der Waals surface area contributed by atoms with E-state index in [4.69, 9.17) is 0 Å². The molecule has 24 fully saturated rings. The maximum atomic E-state index is 1.64. The van der Waals surface area contributed by atoms with Crippen molar-refractivity contribution in [2.24, 2.45) is 195 Å². The summed E-state index contributed by atoms with van der Waals surface area (Å²) in [4.78, 5) is 0. The Balaban J connectivity index is 0.0000000868. The normalized spacial score (nSPS) is 51.1. The first-order chi connectivity index (χ1) is 50.5. The Kier molecular flexibility index (Phi) is 24.9. The summed E-state index contributed by atoms with van der Waals surface area (Å²) in [6.07, 6.45) is 109. The summed E-state index contributed by atoms with van der Waals surface area (Å²) in [6, 6.07) is 0. The maximum absolute atomic E-state index is 1.64. The van der Waals surface area contributed by atoms with Gasteiger partial charge in [0.15, 0.2) is 0 Å². The smallest absolute Gasteiger partial charge is 0.0297 e. The van der Waals surface area contributed by atoms with Crippen LogP contribution in [0.1, 0.15) is 443 Å². The van der Waals surface area contributed by atoms with E-state index in [2.05, 4.69) is 0 Å². The van der Waals surface area contributed by atoms with Gasteiger partial charge in [-0.05, 0) is 400 Å². The quantitative estimate of drug-likeness (QED) is 0.227. The molecular formula is C102H170. The van der Waals surface area contributed by atoms with Crippen LogP contribution in [0.5, 0.6) is 0 Å². The molecule has 1 spiro atoms. The summed E-state index contributed by atoms with van der Waals surface area (Å²) in [5.74, 6) is 37.4. The number of rotatable bonds is 0. The molecule has 0 saturated heterocycles. The molecule has 24 aliphatic carbocycles. The summed E-state index contributed by atoms with van der Waals surface area (Å²) in [6.45, 7) is 0. The Bertz CT molecular complexity index is 2410. The Morgan fingerprint density at radius 2 is 0.294 bits per heavy atom. The predicted molar refractivity (Wildman–Crippen MR) is 433 cm³/mol. The van der Waals surface area contributed by atoms with Crippen LogP contribution in [0.25, 0.3) is 0 Å². The van der Waals surface area contributed by atoms with Crippen molar-refractivity contribution in [1.29, 1.82) is 0 Å². The van der Waals surface area contributed by atoms with Gasteiger partial charge < -0.3 is 0 Å². The van der Waals surface area contributed by atoms with Gasteiger partial charge in [0.05, 0.1) is 0 Å². The molecule has 0 aromatic rings. The van der Waals surface area contributed by atoms with E-state index in [9.17, 15) is 0 Å². The molecular weight excluding hydrogens is 1230 g/mol. The first-order valence-electron chi connectivity index (χ1n) is 50.5. The second kappa shape index (κ2) is 34.5. The van der Waals surface area contributed by atoms with Crippen LogP contribution in [0.3, 0.4) is 0 Å². The zero-order valence-electron chi connectivity index (χ0n) is 67.8. The van der Waals surface area contributed by atoms with E-state index in [1.54, 1.807) is 424 Å². The molecule has 24 rings (SSSR count). The average molecular weight is 1400 g/mol. The van der Waals surface area contributed by atoms with E-state index in [0.29, 0.717) is 0 Å². The van der Waals surface area contributed by atoms with E-state index in [1.807, 2.05) is 0 Å². The first kappa shape index (κ1) is 73.5. The van der Waals surface area contributed by atoms with E-state index < -0.39 is 0 Å². The summed E-state index contributed by atoms with van der Waals surface area (Å²) < 4.78 is 0. The number of fused-ring (bicyclic) bond motifs is 23. The van der Waals surface area contributed by atoms with Crippen molar-refractivity contribution < 1.29 is 0 Å². The van der Waals surface area contributed by atoms with Gasteiger partial charge in [0.1, 0.15) is 0 Å². The van der Waals surface area contributed by atoms with E-state index in [-0.39, 0.29) is 0 Å². The monoisotopic (exact) mass is 1400 g/mol. The topological polar surface area (TPSA) is 0 Å². The largest absolute Gasteiger partial charge is 0.0533 e. The average Bonchev–Trinajstić information content (AvgIpc) is 1.68. The molecule has 0 aromatic heterocycles. The highest BCUT2D eigenvalue weighted by atomic mass is 14.6. The fourth-order valence-electron chi connectivity index (χ4n) is 36.5. The lowest BCUT2D eigenvalue weighted by molar-refractivity contribution is -0.0786. The van der Waals surface area contributed by atoms with Gasteiger partial charge in [0.25, 0.3) is 0 Å². The minimum Gasteiger partial charge on any atom is -0.0533 e. The molecule has 0 nitrogen and oxygen atoms in total. The van der Waals surface area contributed by atoms with Crippen LogP contribution in [0.4, 0.5) is 0 Å². The van der Waals surface area contributed by atoms with Gasteiger partial charge in [0, 0.05) is 0 Å². The molecule has 578 valence electrons. The molecule has 0 aromatic carbocycles. The number of hydrogen-bond donors (Lipinski definition) is 0. The Morgan fingerprint density at radius 3 is 0.598 bits per heavy atom. The fraction of sp³-hybridized carbons (Fsp3) is 1.00. The lowest BCUT2D eigenvalue weighted by atomic mass is 9.48. The van der Waals surface area contributed by atoms with E-state index in [1.165, 1.54) is 149 Å². The van der Waals surface area contributed by atoms with Gasteiger partial charge in [-0.2, -0.15) is 0 Å². The highest BCUT2D eigenvalue weighted by Gasteiger charge is 2.55. The van der Waals surface area contributed by atoms with Crippen molar-refractivity contribution >= 4 is 0 Å². The van der Waals surface area contributed by atoms with Crippen molar-refractivity contribution in [2.75, 3.05) is 0 Å². The van der Waals surface area contributed by atoms with Crippen molar-refractivity contribution in [2.45, 2.75) is 443 Å². The fourth-order valence-corrected chi connectivity index (χ4v) is 36.5. The highest BCUT2D eigenvalue weighted by molar-refractivity contribution is 5.05. The third kappa shape index (κ3) is 16.3. The van der Waals surface area contributed by atoms with Gasteiger partial charge in [-0.15, -0.1) is 0 Å². The maximum Gasteiger partial charge on any atom is -0.0297 e. The summed E-state index contributed by atoms with van der Waals surface area (Å²) in [7, 11) is 0. The lowest BCUT2D eigenvalue weighted by Gasteiger charge is -2.57. The summed E-state index contributed by atoms with van der Waals surface area (Å²) in [5, 5.41) is 0. The second-order valence-corrected chi connectivity index (χ2v) is 45.0. The van der Waals surface area contributed by atoms with Crippen molar-refractivity contribution in [1.82, 2.24) is 0 Å². The molecule has 24 saturated carbocycles. The number of hydrogen-bond acceptors (Lipinski definition) is 0. The van der Waals surface area contributed by atoms with Gasteiger partial charge in [-0.25, -0.2) is 0 Å². The lowest BCUT2D eigenvalue weighted by Crippen LogP contribution is -2.49. The summed E-state index contributed by atoms with van der Waals surface area (Å²) >= 11 is 0. The zero-order chi connectivity index (χ0) is 67.8. The summed E-state index contributed by atoms with van der Waals surface area (Å²) in [5.41, 5.74) is 0.929. The van der Waals surface area contributed by atoms with Gasteiger partial charge in [-0.1, -0.05) is 238 Å². The van der Waals surface area contributed by atoms with Gasteiger partial charge in [0.2, 0.25) is 0 Å². The van der Waals surface area contributed by atoms with Gasteiger partial charge >= 0.3 is 0 Å². The molecule has 0 heteroatoms. The highest BCUT2D eigenvalue weighted by Crippen LogP contribution is 2.65. The van der Waals surface area contributed by atoms with Crippen LogP contribution in [0.15, 0.2) is 0 Å². The van der Waals surface area contributed by atoms with E-state index >= 15 is 0 Å². The standard InChI is InChI=1S/C22H36.C18H30.C17H28.C14H24.C12H20.C11H18.C8H14/c1-3-7-17-15(5-1)9-11-21-19(17)13-14-20-18-8-4-2-6-16(18)10-12-22(20)21;1-3-7-15-13(5-1)9-11-18-16-8-4-2-6-14(16)10-12-17(15)18;1-2-6-14-12(4-1)8-10-17-15-7-3-5-13(15)9-11-16(14)17;1-3-7-13-11(5-1)9-10-12-6-2-4-8-14(12)13;1-3-9-4-2-6-11-8-7-10(5-1)12(9)11;1-3-8-4-2-6-10(8)11-7-9(11)5-1;1-2-4-8(5-3-1)6-7-8/h15-22H,1-14H2;13-18H,1-12H2;12-17H,1-11H2;11-14H,1-10H2;9-12H,1-8H2;8-11H,1-7H2;1-7H2. The molecule has 30 atom stereocenters. The Hall–Kier alpha value is 0. The van der Waals surface area contributed by atoms with Crippen molar-refractivity contribution in [3.8, 4) is 0 Å². The van der Waals surface area contributed by atoms with Crippen LogP contribution in [0.2, 0.25) is 0 Å². The minimum absolute atomic E-state index is 0.929. The zero-order valence-corrected chi connectivity index (χ0v) is 67.8. The predicted octanol–water partition coefficient (Wildman–Crippen LogP) is 30.9. The molecule has 0 amide bonds. The molecule has 0 heterocycles. The SMILES string of the molecule is C1CC2CCCC2C2CC2C1.C1CC2CCCC3CCC(C1)C23.C1CCC2(CC1)CC2.C1CCC2C(C1)CCC1C2CCC2C3CCCCC3CCC21.C1CCC2C(C1)CCC1C3CCCC3CCC21.C1CCC2C(C1)CCC1C3CCCCC3CCC21.C1CCC2C(C1)CCC1CCCCC12. The van der Waals surface area contributed by atoms with Crippen molar-refractivity contribution in [3.05, 3.63) is 0 Å². The van der Waals surface area contributed by atoms with Crippen LogP contribution in [0, 0.1) is 195 Å². The van der Waals surface area contributed by atoms with Crippen LogP contribution in [-0.4, -0.2) is 0 Å². The van der Waals surface area contributed by atoms with Crippen LogP contribution < -0.4 is 0 Å². The Morgan fingerprint density at radius 1 is 0.108 bits per heavy atom. The van der Waals surface area contributed by atoms with Crippen molar-refractivity contribution in [3.63, 3.8) is 0 Å². The molecule has 0 radical (unpaired) electrons. The molecule has 0 N–H and O–H groups in total. The van der Waals surface area contributed by atoms with Crippen LogP contribution in [-0.2, 0) is 0 Å². The van der Waals surface area contributed by atoms with E-state index in [0.717, 1.165) is 64.6 Å². The molecule has 102 heavy (non-hydrogen) atoms. The minimum atomic E-state index is 0.929. The molecule has 0 bridgehead atoms. The molecule has 24 aliphatic rings. The molecule has 0 aliphatic heterocycles. The Labute approximate surface area is 633 Å². The molecule has 30 unspecified atom stereocenters. The first-order valence-corrected chi connectivity index (χ1v) is 50.5. The third-order valence-corrected chi connectivity index (χ3v) is 41.2.